The molecule has 0 aliphatic heterocycles. The molecule has 230 valence electrons. The van der Waals surface area contributed by atoms with Gasteiger partial charge in [-0.15, -0.1) is 0 Å². The van der Waals surface area contributed by atoms with Crippen LogP contribution in [0.4, 0.5) is 10.1 Å². The fourth-order valence-electron chi connectivity index (χ4n) is 8.09. The van der Waals surface area contributed by atoms with Gasteiger partial charge in [-0.3, -0.25) is 19.2 Å². The topological polar surface area (TPSA) is 144 Å². The van der Waals surface area contributed by atoms with E-state index < -0.39 is 40.9 Å². The van der Waals surface area contributed by atoms with Gasteiger partial charge < -0.3 is 26.3 Å². The number of H-pyrrole nitrogens is 1. The third kappa shape index (κ3) is 6.30. The first kappa shape index (κ1) is 29.7. The second-order valence-electron chi connectivity index (χ2n) is 13.0. The van der Waals surface area contributed by atoms with Gasteiger partial charge in [0.2, 0.25) is 17.7 Å². The lowest BCUT2D eigenvalue weighted by atomic mass is 9.49. The summed E-state index contributed by atoms with van der Waals surface area (Å²) in [5.74, 6) is -0.487. The Kier molecular flexibility index (Phi) is 8.33. The predicted octanol–water partition coefficient (Wildman–Crippen LogP) is 4.67. The van der Waals surface area contributed by atoms with E-state index in [1.165, 1.54) is 43.5 Å². The molecule has 10 heteroatoms. The summed E-state index contributed by atoms with van der Waals surface area (Å²) in [7, 11) is 0. The molecule has 9 nitrogen and oxygen atoms in total. The maximum Gasteiger partial charge on any atom is 0.246 e. The minimum atomic E-state index is -1.13. The first-order chi connectivity index (χ1) is 21.2. The van der Waals surface area contributed by atoms with E-state index in [0.29, 0.717) is 29.7 Å². The van der Waals surface area contributed by atoms with Gasteiger partial charge in [0, 0.05) is 41.0 Å². The van der Waals surface area contributed by atoms with E-state index in [-0.39, 0.29) is 25.2 Å². The van der Waals surface area contributed by atoms with Gasteiger partial charge in [0.25, 0.3) is 0 Å². The van der Waals surface area contributed by atoms with Gasteiger partial charge in [-0.05, 0) is 98.6 Å². The van der Waals surface area contributed by atoms with E-state index >= 15 is 0 Å². The fraction of sp³-hybridized carbons (Fsp3) is 0.441. The molecule has 4 fully saturated rings. The van der Waals surface area contributed by atoms with Gasteiger partial charge in [-0.2, -0.15) is 0 Å². The number of aromatic nitrogens is 1. The van der Waals surface area contributed by atoms with Crippen LogP contribution in [0, 0.1) is 34.4 Å². The molecular formula is C34H38FN5O4. The predicted molar refractivity (Wildman–Crippen MR) is 165 cm³/mol. The lowest BCUT2D eigenvalue weighted by molar-refractivity contribution is -0.148. The molecule has 0 radical (unpaired) electrons. The number of carbonyl (C=O) groups is 4. The van der Waals surface area contributed by atoms with E-state index in [0.717, 1.165) is 35.7 Å². The van der Waals surface area contributed by atoms with Crippen LogP contribution in [-0.2, 0) is 25.6 Å². The molecule has 0 saturated heterocycles. The van der Waals surface area contributed by atoms with Gasteiger partial charge in [-0.25, -0.2) is 4.39 Å². The fourth-order valence-corrected chi connectivity index (χ4v) is 8.09. The highest BCUT2D eigenvalue weighted by atomic mass is 19.1. The number of amides is 3. The zero-order chi connectivity index (χ0) is 30.8. The molecule has 5 N–H and O–H groups in total. The number of hydrogen-bond acceptors (Lipinski definition) is 5. The highest BCUT2D eigenvalue weighted by Crippen LogP contribution is 2.60. The normalized spacial score (nSPS) is 24.8. The molecule has 1 heterocycles. The number of Topliss-reactive ketones (excluding diaryl/α,β-unsaturated/α-hetero) is 1. The standard InChI is InChI=1S/C34H38FN5O4/c35-24-5-7-25(8-6-24)38-31(42)29(10-9-26(41)18-36)39-32(43)30(14-23-19-37-28-4-2-1-3-27(23)28)40-33(44)34-15-20-11-21(16-34)13-22(12-20)17-34/h1-8,18-22,29-30,36-37H,9-17H2,(H,38,42)(H,39,43)(H,40,44)/t20?,21?,22?,29-,30-,34?/m0/s1. The Balaban J connectivity index is 1.24. The number of carbonyl (C=O) groups excluding carboxylic acids is 4. The van der Waals surface area contributed by atoms with Gasteiger partial charge in [0.15, 0.2) is 5.78 Å². The van der Waals surface area contributed by atoms with Crippen LogP contribution in [0.5, 0.6) is 0 Å². The molecule has 4 aliphatic carbocycles. The Bertz CT molecular complexity index is 1550. The number of para-hydroxylation sites is 1. The van der Waals surface area contributed by atoms with Crippen molar-refractivity contribution in [3.05, 3.63) is 66.1 Å². The van der Waals surface area contributed by atoms with Crippen molar-refractivity contribution in [1.82, 2.24) is 15.6 Å². The SMILES string of the molecule is N=CC(=O)CC[C@H](NC(=O)[C@H](Cc1c[nH]c2ccccc12)NC(=O)C12CC3CC(CC(C3)C1)C2)C(=O)Nc1ccc(F)cc1. The summed E-state index contributed by atoms with van der Waals surface area (Å²) in [4.78, 5) is 56.6. The van der Waals surface area contributed by atoms with Gasteiger partial charge in [0.1, 0.15) is 17.9 Å². The van der Waals surface area contributed by atoms with Crippen molar-refractivity contribution < 1.29 is 23.6 Å². The first-order valence-electron chi connectivity index (χ1n) is 15.5. The smallest absolute Gasteiger partial charge is 0.246 e. The van der Waals surface area contributed by atoms with Crippen molar-refractivity contribution in [2.45, 2.75) is 69.9 Å². The third-order valence-corrected chi connectivity index (χ3v) is 9.83. The molecule has 1 aromatic heterocycles. The summed E-state index contributed by atoms with van der Waals surface area (Å²) in [5.41, 5.74) is 1.64. The second kappa shape index (κ2) is 12.3. The summed E-state index contributed by atoms with van der Waals surface area (Å²) in [6.07, 6.45) is 8.66. The van der Waals surface area contributed by atoms with Crippen LogP contribution in [0.25, 0.3) is 10.9 Å². The number of rotatable bonds is 12. The van der Waals surface area contributed by atoms with Crippen LogP contribution in [-0.4, -0.2) is 46.8 Å². The second-order valence-corrected chi connectivity index (χ2v) is 13.0. The Morgan fingerprint density at radius 3 is 2.23 bits per heavy atom. The summed E-state index contributed by atoms with van der Waals surface area (Å²) < 4.78 is 13.4. The molecule has 0 spiro atoms. The van der Waals surface area contributed by atoms with E-state index in [2.05, 4.69) is 20.9 Å². The Labute approximate surface area is 255 Å². The first-order valence-corrected chi connectivity index (χ1v) is 15.5. The van der Waals surface area contributed by atoms with E-state index in [9.17, 15) is 23.6 Å². The highest BCUT2D eigenvalue weighted by Gasteiger charge is 2.55. The number of benzene rings is 2. The largest absolute Gasteiger partial charge is 0.361 e. The maximum atomic E-state index is 14.1. The Hall–Kier alpha value is -4.34. The van der Waals surface area contributed by atoms with E-state index in [4.69, 9.17) is 5.41 Å². The monoisotopic (exact) mass is 599 g/mol. The summed E-state index contributed by atoms with van der Waals surface area (Å²) in [6, 6.07) is 10.9. The van der Waals surface area contributed by atoms with Crippen LogP contribution in [0.2, 0.25) is 0 Å². The van der Waals surface area contributed by atoms with E-state index in [1.807, 2.05) is 30.5 Å². The van der Waals surface area contributed by atoms with Crippen LogP contribution < -0.4 is 16.0 Å². The molecule has 3 amide bonds. The molecule has 4 aliphatic rings. The van der Waals surface area contributed by atoms with Crippen molar-refractivity contribution in [3.63, 3.8) is 0 Å². The molecule has 2 aromatic carbocycles. The average Bonchev–Trinajstić information content (AvgIpc) is 3.41. The van der Waals surface area contributed by atoms with Gasteiger partial charge in [-0.1, -0.05) is 18.2 Å². The van der Waals surface area contributed by atoms with Crippen molar-refractivity contribution >= 4 is 46.3 Å². The number of anilines is 1. The molecule has 4 saturated carbocycles. The van der Waals surface area contributed by atoms with Crippen LogP contribution in [0.3, 0.4) is 0 Å². The van der Waals surface area contributed by atoms with Crippen LogP contribution >= 0.6 is 0 Å². The van der Waals surface area contributed by atoms with E-state index in [1.54, 1.807) is 0 Å². The van der Waals surface area contributed by atoms with Crippen molar-refractivity contribution in [2.75, 3.05) is 5.32 Å². The lowest BCUT2D eigenvalue weighted by Gasteiger charge is -2.55. The summed E-state index contributed by atoms with van der Waals surface area (Å²) in [5, 5.41) is 16.8. The Morgan fingerprint density at radius 1 is 0.909 bits per heavy atom. The Morgan fingerprint density at radius 2 is 1.57 bits per heavy atom. The summed E-state index contributed by atoms with van der Waals surface area (Å²) >= 11 is 0. The molecule has 0 unspecified atom stereocenters. The molecule has 44 heavy (non-hydrogen) atoms. The maximum absolute atomic E-state index is 14.1. The lowest BCUT2D eigenvalue weighted by Crippen LogP contribution is -2.59. The van der Waals surface area contributed by atoms with Crippen molar-refractivity contribution in [2.24, 2.45) is 23.2 Å². The zero-order valence-corrected chi connectivity index (χ0v) is 24.5. The minimum Gasteiger partial charge on any atom is -0.361 e. The van der Waals surface area contributed by atoms with Crippen molar-refractivity contribution in [1.29, 1.82) is 5.41 Å². The number of halogens is 1. The zero-order valence-electron chi connectivity index (χ0n) is 24.5. The minimum absolute atomic E-state index is 0.0459. The van der Waals surface area contributed by atoms with Gasteiger partial charge in [0.05, 0.1) is 6.21 Å². The number of hydrogen-bond donors (Lipinski definition) is 5. The number of fused-ring (bicyclic) bond motifs is 1. The molecular weight excluding hydrogens is 561 g/mol. The van der Waals surface area contributed by atoms with Crippen LogP contribution in [0.1, 0.15) is 56.9 Å². The van der Waals surface area contributed by atoms with Crippen molar-refractivity contribution in [3.8, 4) is 0 Å². The quantitative estimate of drug-likeness (QED) is 0.193. The number of nitrogens with one attached hydrogen (secondary N) is 5. The summed E-state index contributed by atoms with van der Waals surface area (Å²) in [6.45, 7) is 0. The highest BCUT2D eigenvalue weighted by molar-refractivity contribution is 6.26. The molecule has 3 aromatic rings. The average molecular weight is 600 g/mol. The van der Waals surface area contributed by atoms with Crippen LogP contribution in [0.15, 0.2) is 54.7 Å². The molecule has 4 bridgehead atoms. The van der Waals surface area contributed by atoms with Gasteiger partial charge >= 0.3 is 0 Å². The molecule has 7 rings (SSSR count). The molecule has 2 atom stereocenters. The number of ketones is 1. The number of aromatic amines is 1. The third-order valence-electron chi connectivity index (χ3n) is 9.83.